The van der Waals surface area contributed by atoms with Gasteiger partial charge in [-0.2, -0.15) is 4.98 Å². The maximum Gasteiger partial charge on any atom is 0.224 e. The topological polar surface area (TPSA) is 59.1 Å². The van der Waals surface area contributed by atoms with Gasteiger partial charge in [-0.25, -0.2) is 4.98 Å². The zero-order valence-electron chi connectivity index (χ0n) is 12.7. The van der Waals surface area contributed by atoms with Gasteiger partial charge >= 0.3 is 0 Å². The molecule has 0 aliphatic heterocycles. The molecule has 1 atom stereocenters. The number of halogens is 1. The van der Waals surface area contributed by atoms with E-state index in [9.17, 15) is 0 Å². The van der Waals surface area contributed by atoms with Gasteiger partial charge < -0.3 is 15.4 Å². The Hall–Kier alpha value is -1.07. The number of hydrogen-bond donors (Lipinski definition) is 2. The average molecular weight is 301 g/mol. The molecule has 2 N–H and O–H groups in total. The molecule has 114 valence electrons. The third kappa shape index (κ3) is 5.51. The van der Waals surface area contributed by atoms with Crippen LogP contribution in [-0.4, -0.2) is 35.8 Å². The molecule has 0 fully saturated rings. The molecular formula is C14H25ClN4O. The summed E-state index contributed by atoms with van der Waals surface area (Å²) in [6, 6.07) is 0.168. The van der Waals surface area contributed by atoms with Crippen molar-refractivity contribution in [1.82, 2.24) is 9.97 Å². The minimum absolute atomic E-state index is 0.168. The molecular weight excluding hydrogens is 276 g/mol. The van der Waals surface area contributed by atoms with Gasteiger partial charge in [-0.05, 0) is 19.3 Å². The summed E-state index contributed by atoms with van der Waals surface area (Å²) in [5.74, 6) is 1.66. The lowest BCUT2D eigenvalue weighted by Gasteiger charge is -2.23. The van der Waals surface area contributed by atoms with Crippen LogP contribution in [0.25, 0.3) is 0 Å². The van der Waals surface area contributed by atoms with Crippen LogP contribution in [0.4, 0.5) is 11.8 Å². The molecule has 1 heterocycles. The third-order valence-corrected chi connectivity index (χ3v) is 3.18. The SMILES string of the molecule is CCCNc1ncc(Cl)c(NC(COCC)C(C)C)n1. The number of rotatable bonds is 9. The fourth-order valence-corrected chi connectivity index (χ4v) is 1.76. The molecule has 1 aromatic rings. The van der Waals surface area contributed by atoms with Crippen molar-refractivity contribution in [2.75, 3.05) is 30.4 Å². The number of nitrogens with zero attached hydrogens (tertiary/aromatic N) is 2. The molecule has 0 aliphatic carbocycles. The van der Waals surface area contributed by atoms with E-state index in [0.717, 1.165) is 13.0 Å². The molecule has 0 saturated carbocycles. The van der Waals surface area contributed by atoms with E-state index >= 15 is 0 Å². The first kappa shape index (κ1) is 17.0. The van der Waals surface area contributed by atoms with Crippen LogP contribution < -0.4 is 10.6 Å². The first-order chi connectivity index (χ1) is 9.58. The van der Waals surface area contributed by atoms with E-state index < -0.39 is 0 Å². The number of ether oxygens (including phenoxy) is 1. The smallest absolute Gasteiger partial charge is 0.224 e. The second kappa shape index (κ2) is 8.97. The van der Waals surface area contributed by atoms with E-state index in [1.807, 2.05) is 6.92 Å². The average Bonchev–Trinajstić information content (AvgIpc) is 2.43. The highest BCUT2D eigenvalue weighted by atomic mass is 35.5. The molecule has 1 rings (SSSR count). The summed E-state index contributed by atoms with van der Waals surface area (Å²) in [6.07, 6.45) is 2.64. The molecule has 0 saturated heterocycles. The van der Waals surface area contributed by atoms with Crippen LogP contribution in [0.3, 0.4) is 0 Å². The molecule has 0 amide bonds. The fraction of sp³-hybridized carbons (Fsp3) is 0.714. The van der Waals surface area contributed by atoms with Crippen molar-refractivity contribution in [3.63, 3.8) is 0 Å². The Morgan fingerprint density at radius 2 is 2.10 bits per heavy atom. The first-order valence-electron chi connectivity index (χ1n) is 7.19. The van der Waals surface area contributed by atoms with Crippen LogP contribution in [0.5, 0.6) is 0 Å². The summed E-state index contributed by atoms with van der Waals surface area (Å²) in [4.78, 5) is 8.58. The van der Waals surface area contributed by atoms with Crippen molar-refractivity contribution in [3.8, 4) is 0 Å². The van der Waals surface area contributed by atoms with E-state index in [0.29, 0.717) is 35.9 Å². The van der Waals surface area contributed by atoms with E-state index in [-0.39, 0.29) is 6.04 Å². The van der Waals surface area contributed by atoms with Crippen molar-refractivity contribution in [2.24, 2.45) is 5.92 Å². The lowest BCUT2D eigenvalue weighted by atomic mass is 10.1. The van der Waals surface area contributed by atoms with Crippen LogP contribution in [0.15, 0.2) is 6.20 Å². The number of hydrogen-bond acceptors (Lipinski definition) is 5. The van der Waals surface area contributed by atoms with E-state index in [2.05, 4.69) is 41.4 Å². The lowest BCUT2D eigenvalue weighted by molar-refractivity contribution is 0.126. The van der Waals surface area contributed by atoms with Gasteiger partial charge in [0.25, 0.3) is 0 Å². The highest BCUT2D eigenvalue weighted by Crippen LogP contribution is 2.21. The van der Waals surface area contributed by atoms with Crippen molar-refractivity contribution in [2.45, 2.75) is 40.2 Å². The summed E-state index contributed by atoms with van der Waals surface area (Å²) in [5, 5.41) is 7.03. The predicted octanol–water partition coefficient (Wildman–Crippen LogP) is 3.42. The summed E-state index contributed by atoms with van der Waals surface area (Å²) >= 11 is 6.16. The van der Waals surface area contributed by atoms with E-state index in [4.69, 9.17) is 16.3 Å². The van der Waals surface area contributed by atoms with Crippen molar-refractivity contribution in [3.05, 3.63) is 11.2 Å². The second-order valence-corrected chi connectivity index (χ2v) is 5.38. The van der Waals surface area contributed by atoms with Gasteiger partial charge in [-0.3, -0.25) is 0 Å². The van der Waals surface area contributed by atoms with Crippen molar-refractivity contribution in [1.29, 1.82) is 0 Å². The molecule has 6 heteroatoms. The standard InChI is InChI=1S/C14H25ClN4O/c1-5-7-16-14-17-8-11(15)13(19-14)18-12(10(3)4)9-20-6-2/h8,10,12H,5-7,9H2,1-4H3,(H2,16,17,18,19). The molecule has 0 aromatic carbocycles. The first-order valence-corrected chi connectivity index (χ1v) is 7.56. The van der Waals surface area contributed by atoms with Crippen LogP contribution in [0, 0.1) is 5.92 Å². The molecule has 0 bridgehead atoms. The van der Waals surface area contributed by atoms with Gasteiger partial charge in [0.05, 0.1) is 18.8 Å². The number of anilines is 2. The second-order valence-electron chi connectivity index (χ2n) is 4.97. The van der Waals surface area contributed by atoms with E-state index in [1.165, 1.54) is 0 Å². The summed E-state index contributed by atoms with van der Waals surface area (Å²) in [7, 11) is 0. The summed E-state index contributed by atoms with van der Waals surface area (Å²) in [5.41, 5.74) is 0. The molecule has 0 aliphatic rings. The number of aromatic nitrogens is 2. The minimum Gasteiger partial charge on any atom is -0.380 e. The predicted molar refractivity (Wildman–Crippen MR) is 84.6 cm³/mol. The van der Waals surface area contributed by atoms with Gasteiger partial charge in [-0.15, -0.1) is 0 Å². The molecule has 0 spiro atoms. The normalized spacial score (nSPS) is 12.5. The summed E-state index contributed by atoms with van der Waals surface area (Å²) in [6.45, 7) is 10.5. The van der Waals surface area contributed by atoms with Crippen LogP contribution in [0.2, 0.25) is 5.02 Å². The van der Waals surface area contributed by atoms with Gasteiger partial charge in [0.1, 0.15) is 5.02 Å². The monoisotopic (exact) mass is 300 g/mol. The summed E-state index contributed by atoms with van der Waals surface area (Å²) < 4.78 is 5.50. The molecule has 20 heavy (non-hydrogen) atoms. The van der Waals surface area contributed by atoms with Gasteiger partial charge in [0.15, 0.2) is 5.82 Å². The number of nitrogens with one attached hydrogen (secondary N) is 2. The Morgan fingerprint density at radius 3 is 2.70 bits per heavy atom. The molecule has 0 radical (unpaired) electrons. The van der Waals surface area contributed by atoms with Gasteiger partial charge in [0, 0.05) is 13.2 Å². The Balaban J connectivity index is 2.76. The highest BCUT2D eigenvalue weighted by Gasteiger charge is 2.16. The zero-order chi connectivity index (χ0) is 15.0. The maximum absolute atomic E-state index is 6.16. The third-order valence-electron chi connectivity index (χ3n) is 2.91. The molecule has 5 nitrogen and oxygen atoms in total. The Labute approximate surface area is 126 Å². The lowest BCUT2D eigenvalue weighted by Crippen LogP contribution is -2.31. The highest BCUT2D eigenvalue weighted by molar-refractivity contribution is 6.32. The Bertz CT molecular complexity index is 401. The Kier molecular flexibility index (Phi) is 7.62. The zero-order valence-corrected chi connectivity index (χ0v) is 13.5. The quantitative estimate of drug-likeness (QED) is 0.732. The maximum atomic E-state index is 6.16. The van der Waals surface area contributed by atoms with Crippen molar-refractivity contribution >= 4 is 23.4 Å². The fourth-order valence-electron chi connectivity index (χ4n) is 1.61. The Morgan fingerprint density at radius 1 is 1.35 bits per heavy atom. The largest absolute Gasteiger partial charge is 0.380 e. The van der Waals surface area contributed by atoms with Crippen LogP contribution in [0.1, 0.15) is 34.1 Å². The minimum atomic E-state index is 0.168. The van der Waals surface area contributed by atoms with Crippen LogP contribution >= 0.6 is 11.6 Å². The molecule has 1 unspecified atom stereocenters. The van der Waals surface area contributed by atoms with Gasteiger partial charge in [0.2, 0.25) is 5.95 Å². The molecule has 1 aromatic heterocycles. The van der Waals surface area contributed by atoms with E-state index in [1.54, 1.807) is 6.20 Å². The van der Waals surface area contributed by atoms with Crippen LogP contribution in [-0.2, 0) is 4.74 Å². The van der Waals surface area contributed by atoms with Crippen molar-refractivity contribution < 1.29 is 4.74 Å². The van der Waals surface area contributed by atoms with Gasteiger partial charge in [-0.1, -0.05) is 32.4 Å².